The van der Waals surface area contributed by atoms with Crippen molar-refractivity contribution in [3.63, 3.8) is 0 Å². The van der Waals surface area contributed by atoms with Crippen molar-refractivity contribution >= 4 is 44.8 Å². The molecule has 126 valence electrons. The summed E-state index contributed by atoms with van der Waals surface area (Å²) in [5.41, 5.74) is 1.53. The summed E-state index contributed by atoms with van der Waals surface area (Å²) >= 11 is 11.3. The van der Waals surface area contributed by atoms with Gasteiger partial charge in [0, 0.05) is 23.9 Å². The van der Waals surface area contributed by atoms with E-state index in [9.17, 15) is 23.3 Å². The summed E-state index contributed by atoms with van der Waals surface area (Å²) in [5, 5.41) is 10.5. The number of nitrogens with one attached hydrogen (secondary N) is 2. The number of nitrogens with zero attached hydrogens (tertiary/aromatic N) is 2. The molecule has 0 radical (unpaired) electrons. The van der Waals surface area contributed by atoms with Gasteiger partial charge in [-0.3, -0.25) is 20.3 Å². The monoisotopic (exact) mass is 390 g/mol. The maximum atomic E-state index is 12.0. The molecule has 0 unspecified atom stereocenters. The smallest absolute Gasteiger partial charge is 0.270 e. The molecule has 9 nitrogen and oxygen atoms in total. The molecule has 1 heterocycles. The molecule has 0 spiro atoms. The Morgan fingerprint density at radius 2 is 1.96 bits per heavy atom. The molecular formula is C12H8Cl2N4O5S. The van der Waals surface area contributed by atoms with Crippen LogP contribution in [0.4, 0.5) is 5.69 Å². The summed E-state index contributed by atoms with van der Waals surface area (Å²) < 4.78 is 24.1. The van der Waals surface area contributed by atoms with Crippen molar-refractivity contribution in [1.82, 2.24) is 15.2 Å². The van der Waals surface area contributed by atoms with Gasteiger partial charge >= 0.3 is 0 Å². The highest BCUT2D eigenvalue weighted by atomic mass is 35.5. The first kappa shape index (κ1) is 18.1. The summed E-state index contributed by atoms with van der Waals surface area (Å²) in [6, 6.07) is 5.84. The molecule has 0 saturated heterocycles. The van der Waals surface area contributed by atoms with E-state index in [0.717, 1.165) is 18.3 Å². The molecule has 12 heteroatoms. The highest BCUT2D eigenvalue weighted by molar-refractivity contribution is 7.89. The van der Waals surface area contributed by atoms with Gasteiger partial charge in [-0.05, 0) is 12.1 Å². The minimum atomic E-state index is -4.15. The highest BCUT2D eigenvalue weighted by Gasteiger charge is 2.18. The number of hydrazine groups is 1. The van der Waals surface area contributed by atoms with E-state index in [-0.39, 0.29) is 26.3 Å². The molecule has 2 N–H and O–H groups in total. The first-order chi connectivity index (χ1) is 11.2. The minimum absolute atomic E-state index is 0.0729. The van der Waals surface area contributed by atoms with Crippen molar-refractivity contribution in [3.05, 3.63) is 62.4 Å². The zero-order chi connectivity index (χ0) is 17.9. The number of amides is 1. The fourth-order valence-electron chi connectivity index (χ4n) is 1.56. The van der Waals surface area contributed by atoms with E-state index in [1.807, 2.05) is 10.3 Å². The van der Waals surface area contributed by atoms with Crippen molar-refractivity contribution in [2.24, 2.45) is 0 Å². The lowest BCUT2D eigenvalue weighted by molar-refractivity contribution is -0.384. The van der Waals surface area contributed by atoms with E-state index >= 15 is 0 Å². The Bertz CT molecular complexity index is 919. The van der Waals surface area contributed by atoms with Gasteiger partial charge < -0.3 is 0 Å². The first-order valence-electron chi connectivity index (χ1n) is 6.08. The fraction of sp³-hybridized carbons (Fsp3) is 0. The van der Waals surface area contributed by atoms with Crippen LogP contribution in [0.3, 0.4) is 0 Å². The van der Waals surface area contributed by atoms with E-state index in [1.54, 1.807) is 0 Å². The third-order valence-corrected chi connectivity index (χ3v) is 4.60. The average molecular weight is 391 g/mol. The minimum Gasteiger partial charge on any atom is -0.273 e. The third-order valence-electron chi connectivity index (χ3n) is 2.70. The van der Waals surface area contributed by atoms with Crippen molar-refractivity contribution in [2.45, 2.75) is 4.90 Å². The Morgan fingerprint density at radius 3 is 2.58 bits per heavy atom. The topological polar surface area (TPSA) is 131 Å². The number of halogens is 2. The van der Waals surface area contributed by atoms with Crippen LogP contribution in [-0.4, -0.2) is 24.2 Å². The quantitative estimate of drug-likeness (QED) is 0.455. The van der Waals surface area contributed by atoms with Crippen molar-refractivity contribution in [1.29, 1.82) is 0 Å². The molecule has 0 atom stereocenters. The Morgan fingerprint density at radius 1 is 1.25 bits per heavy atom. The zero-order valence-corrected chi connectivity index (χ0v) is 13.9. The number of benzene rings is 1. The lowest BCUT2D eigenvalue weighted by Gasteiger charge is -2.08. The summed E-state index contributed by atoms with van der Waals surface area (Å²) in [4.78, 5) is 27.0. The van der Waals surface area contributed by atoms with Gasteiger partial charge in [0.2, 0.25) is 0 Å². The number of carbonyl (C=O) groups excluding carboxylic acids is 1. The van der Waals surface area contributed by atoms with E-state index in [4.69, 9.17) is 23.2 Å². The number of non-ortho nitro benzene ring substituents is 1. The number of nitro benzene ring substituents is 1. The molecule has 24 heavy (non-hydrogen) atoms. The molecular weight excluding hydrogens is 383 g/mol. The number of hydrogen-bond donors (Lipinski definition) is 2. The molecule has 0 bridgehead atoms. The lowest BCUT2D eigenvalue weighted by atomic mass is 10.2. The number of aromatic nitrogens is 1. The molecule has 2 rings (SSSR count). The van der Waals surface area contributed by atoms with E-state index < -0.39 is 20.9 Å². The van der Waals surface area contributed by atoms with Crippen LogP contribution >= 0.6 is 23.2 Å². The van der Waals surface area contributed by atoms with E-state index in [2.05, 4.69) is 4.98 Å². The molecule has 0 saturated carbocycles. The van der Waals surface area contributed by atoms with Crippen molar-refractivity contribution in [2.75, 3.05) is 0 Å². The molecule has 0 aliphatic rings. The second-order valence-corrected chi connectivity index (χ2v) is 6.76. The first-order valence-corrected chi connectivity index (χ1v) is 8.32. The van der Waals surface area contributed by atoms with Crippen LogP contribution < -0.4 is 10.3 Å². The number of carbonyl (C=O) groups is 1. The lowest BCUT2D eigenvalue weighted by Crippen LogP contribution is -2.41. The molecule has 1 aromatic heterocycles. The van der Waals surface area contributed by atoms with Gasteiger partial charge in [0.15, 0.2) is 0 Å². The van der Waals surface area contributed by atoms with Gasteiger partial charge in [-0.1, -0.05) is 29.3 Å². The molecule has 0 fully saturated rings. The number of hydrogen-bond acceptors (Lipinski definition) is 6. The predicted molar refractivity (Wildman–Crippen MR) is 85.1 cm³/mol. The van der Waals surface area contributed by atoms with Gasteiger partial charge in [0.1, 0.15) is 10.0 Å². The van der Waals surface area contributed by atoms with Crippen molar-refractivity contribution in [3.8, 4) is 0 Å². The average Bonchev–Trinajstić information content (AvgIpc) is 2.55. The van der Waals surface area contributed by atoms with E-state index in [1.165, 1.54) is 18.2 Å². The molecule has 0 aliphatic carbocycles. The van der Waals surface area contributed by atoms with Gasteiger partial charge in [-0.15, -0.1) is 4.83 Å². The molecule has 2 aromatic rings. The van der Waals surface area contributed by atoms with Crippen LogP contribution in [0.25, 0.3) is 0 Å². The van der Waals surface area contributed by atoms with Crippen LogP contribution in [0.5, 0.6) is 0 Å². The second-order valence-electron chi connectivity index (χ2n) is 4.31. The summed E-state index contributed by atoms with van der Waals surface area (Å²) in [6.45, 7) is 0. The Balaban J connectivity index is 2.14. The largest absolute Gasteiger partial charge is 0.273 e. The van der Waals surface area contributed by atoms with E-state index in [0.29, 0.717) is 0 Å². The van der Waals surface area contributed by atoms with Gasteiger partial charge in [0.05, 0.1) is 9.95 Å². The summed E-state index contributed by atoms with van der Waals surface area (Å²) in [5.74, 6) is -0.879. The predicted octanol–water partition coefficient (Wildman–Crippen LogP) is 1.92. The summed E-state index contributed by atoms with van der Waals surface area (Å²) in [6.07, 6.45) is 0.954. The second kappa shape index (κ2) is 7.09. The summed E-state index contributed by atoms with van der Waals surface area (Å²) in [7, 11) is -4.15. The Hall–Kier alpha value is -2.27. The fourth-order valence-corrected chi connectivity index (χ4v) is 2.70. The number of rotatable bonds is 5. The van der Waals surface area contributed by atoms with Crippen LogP contribution in [0.15, 0.2) is 41.4 Å². The maximum absolute atomic E-state index is 12.0. The van der Waals surface area contributed by atoms with Crippen LogP contribution in [0.2, 0.25) is 10.2 Å². The number of nitro groups is 1. The van der Waals surface area contributed by atoms with Gasteiger partial charge in [-0.2, -0.15) is 0 Å². The molecule has 1 aromatic carbocycles. The van der Waals surface area contributed by atoms with Gasteiger partial charge in [-0.25, -0.2) is 13.4 Å². The Kier molecular flexibility index (Phi) is 5.34. The maximum Gasteiger partial charge on any atom is 0.270 e. The number of pyridine rings is 1. The number of sulfonamides is 1. The third kappa shape index (κ3) is 4.17. The SMILES string of the molecule is O=C(NNS(=O)(=O)c1cnc(Cl)c(Cl)c1)c1cccc([N+](=O)[O-])c1. The standard InChI is InChI=1S/C12H8Cl2N4O5S/c13-10-5-9(6-15-11(10)14)24(22,23)17-16-12(19)7-2-1-3-8(4-7)18(20)21/h1-6,17H,(H,16,19). The zero-order valence-electron chi connectivity index (χ0n) is 11.6. The van der Waals surface area contributed by atoms with Crippen LogP contribution in [-0.2, 0) is 10.0 Å². The normalized spacial score (nSPS) is 11.1. The highest BCUT2D eigenvalue weighted by Crippen LogP contribution is 2.21. The molecule has 1 amide bonds. The van der Waals surface area contributed by atoms with Crippen molar-refractivity contribution < 1.29 is 18.1 Å². The van der Waals surface area contributed by atoms with Crippen LogP contribution in [0, 0.1) is 10.1 Å². The van der Waals surface area contributed by atoms with Crippen LogP contribution in [0.1, 0.15) is 10.4 Å². The Labute approximate surface area is 145 Å². The molecule has 0 aliphatic heterocycles. The van der Waals surface area contributed by atoms with Gasteiger partial charge in [0.25, 0.3) is 21.6 Å².